The molecule has 0 bridgehead atoms. The maximum Gasteiger partial charge on any atom is 0.341 e. The van der Waals surface area contributed by atoms with E-state index in [0.717, 1.165) is 25.8 Å². The van der Waals surface area contributed by atoms with E-state index in [4.69, 9.17) is 4.74 Å². The monoisotopic (exact) mass is 473 g/mol. The van der Waals surface area contributed by atoms with Crippen LogP contribution in [-0.4, -0.2) is 38.1 Å². The van der Waals surface area contributed by atoms with Crippen molar-refractivity contribution < 1.29 is 14.3 Å². The van der Waals surface area contributed by atoms with Crippen LogP contribution in [0.1, 0.15) is 27.0 Å². The summed E-state index contributed by atoms with van der Waals surface area (Å²) in [5.41, 5.74) is 1.87. The summed E-state index contributed by atoms with van der Waals surface area (Å²) in [7, 11) is 1.18. The van der Waals surface area contributed by atoms with Gasteiger partial charge in [-0.25, -0.2) is 24.1 Å². The summed E-state index contributed by atoms with van der Waals surface area (Å²) in [6, 6.07) is 9.81. The standard InChI is InChI=1S/C25H23N5O5/c1-14-11-15(2)20(16(3)12-14)28-19(31)13-29-21-17(7-5-9-26-21)23(32)30(25(29)34)22-18(24(33)35-4)8-6-10-27-22/h5-12H,13H2,1-4H3,(H,28,31). The van der Waals surface area contributed by atoms with E-state index in [-0.39, 0.29) is 22.4 Å². The number of aryl methyl sites for hydroxylation is 3. The molecule has 0 radical (unpaired) electrons. The maximum absolute atomic E-state index is 13.5. The van der Waals surface area contributed by atoms with Gasteiger partial charge in [-0.15, -0.1) is 0 Å². The molecule has 0 aliphatic rings. The predicted molar refractivity (Wildman–Crippen MR) is 130 cm³/mol. The van der Waals surface area contributed by atoms with Gasteiger partial charge in [-0.05, 0) is 56.2 Å². The van der Waals surface area contributed by atoms with Crippen LogP contribution in [0.3, 0.4) is 0 Å². The maximum atomic E-state index is 13.5. The molecule has 0 saturated carbocycles. The lowest BCUT2D eigenvalue weighted by atomic mass is 10.1. The van der Waals surface area contributed by atoms with E-state index >= 15 is 0 Å². The fraction of sp³-hybridized carbons (Fsp3) is 0.200. The summed E-state index contributed by atoms with van der Waals surface area (Å²) in [6.07, 6.45) is 2.77. The molecule has 1 amide bonds. The highest BCUT2D eigenvalue weighted by Crippen LogP contribution is 2.22. The van der Waals surface area contributed by atoms with Gasteiger partial charge >= 0.3 is 11.7 Å². The van der Waals surface area contributed by atoms with Gasteiger partial charge < -0.3 is 10.1 Å². The molecule has 4 aromatic rings. The van der Waals surface area contributed by atoms with Gasteiger partial charge in [0.1, 0.15) is 17.8 Å². The number of benzene rings is 1. The molecule has 0 saturated heterocycles. The van der Waals surface area contributed by atoms with Crippen LogP contribution in [0.25, 0.3) is 16.9 Å². The molecular weight excluding hydrogens is 450 g/mol. The zero-order valence-electron chi connectivity index (χ0n) is 19.7. The highest BCUT2D eigenvalue weighted by Gasteiger charge is 2.22. The van der Waals surface area contributed by atoms with Crippen LogP contribution in [0.15, 0.2) is 58.4 Å². The van der Waals surface area contributed by atoms with Crippen molar-refractivity contribution >= 4 is 28.6 Å². The number of carbonyl (C=O) groups is 2. The Morgan fingerprint density at radius 1 is 1.00 bits per heavy atom. The number of ether oxygens (including phenoxy) is 1. The fourth-order valence-corrected chi connectivity index (χ4v) is 4.07. The van der Waals surface area contributed by atoms with Crippen molar-refractivity contribution in [2.45, 2.75) is 27.3 Å². The molecule has 35 heavy (non-hydrogen) atoms. The number of pyridine rings is 2. The van der Waals surface area contributed by atoms with Crippen molar-refractivity contribution in [1.29, 1.82) is 0 Å². The van der Waals surface area contributed by atoms with Gasteiger partial charge in [0.05, 0.1) is 12.5 Å². The minimum absolute atomic E-state index is 0.0433. The van der Waals surface area contributed by atoms with Crippen molar-refractivity contribution in [1.82, 2.24) is 19.1 Å². The van der Waals surface area contributed by atoms with Crippen LogP contribution in [0.5, 0.6) is 0 Å². The predicted octanol–water partition coefficient (Wildman–Crippen LogP) is 2.29. The smallest absolute Gasteiger partial charge is 0.341 e. The quantitative estimate of drug-likeness (QED) is 0.441. The van der Waals surface area contributed by atoms with Crippen LogP contribution in [0.4, 0.5) is 5.69 Å². The fourth-order valence-electron chi connectivity index (χ4n) is 4.07. The highest BCUT2D eigenvalue weighted by molar-refractivity contribution is 5.94. The van der Waals surface area contributed by atoms with E-state index in [9.17, 15) is 19.2 Å². The van der Waals surface area contributed by atoms with Crippen molar-refractivity contribution in [2.75, 3.05) is 12.4 Å². The molecule has 0 atom stereocenters. The normalized spacial score (nSPS) is 10.9. The van der Waals surface area contributed by atoms with Gasteiger partial charge in [-0.3, -0.25) is 14.2 Å². The SMILES string of the molecule is COC(=O)c1cccnc1-n1c(=O)c2cccnc2n(CC(=O)Nc2c(C)cc(C)cc2C)c1=O. The van der Waals surface area contributed by atoms with E-state index in [2.05, 4.69) is 15.3 Å². The van der Waals surface area contributed by atoms with Crippen molar-refractivity contribution in [3.8, 4) is 5.82 Å². The number of esters is 1. The van der Waals surface area contributed by atoms with E-state index < -0.39 is 29.7 Å². The van der Waals surface area contributed by atoms with Gasteiger partial charge in [0.15, 0.2) is 5.82 Å². The zero-order valence-corrected chi connectivity index (χ0v) is 19.7. The van der Waals surface area contributed by atoms with Gasteiger partial charge in [-0.2, -0.15) is 0 Å². The number of amides is 1. The third-order valence-corrected chi connectivity index (χ3v) is 5.55. The zero-order chi connectivity index (χ0) is 25.3. The molecule has 178 valence electrons. The Bertz CT molecular complexity index is 1580. The number of nitrogens with zero attached hydrogens (tertiary/aromatic N) is 4. The second-order valence-electron chi connectivity index (χ2n) is 8.07. The molecular formula is C25H23N5O5. The van der Waals surface area contributed by atoms with Crippen LogP contribution in [-0.2, 0) is 16.1 Å². The highest BCUT2D eigenvalue weighted by atomic mass is 16.5. The molecule has 0 aliphatic carbocycles. The molecule has 4 rings (SSSR count). The number of anilines is 1. The Labute approximate surface area is 199 Å². The van der Waals surface area contributed by atoms with E-state index in [1.807, 2.05) is 32.9 Å². The summed E-state index contributed by atoms with van der Waals surface area (Å²) in [4.78, 5) is 60.4. The number of fused-ring (bicyclic) bond motifs is 1. The molecule has 3 aromatic heterocycles. The van der Waals surface area contributed by atoms with Crippen LogP contribution in [0.2, 0.25) is 0 Å². The van der Waals surface area contributed by atoms with Gasteiger partial charge in [0.2, 0.25) is 5.91 Å². The summed E-state index contributed by atoms with van der Waals surface area (Å²) in [5.74, 6) is -1.44. The molecule has 0 aliphatic heterocycles. The lowest BCUT2D eigenvalue weighted by Gasteiger charge is -2.16. The van der Waals surface area contributed by atoms with Gasteiger partial charge in [0, 0.05) is 18.1 Å². The van der Waals surface area contributed by atoms with E-state index in [1.54, 1.807) is 6.07 Å². The largest absolute Gasteiger partial charge is 0.465 e. The second kappa shape index (κ2) is 9.34. The minimum Gasteiger partial charge on any atom is -0.465 e. The Hall–Kier alpha value is -4.60. The van der Waals surface area contributed by atoms with Crippen molar-refractivity contribution in [3.63, 3.8) is 0 Å². The first-order valence-corrected chi connectivity index (χ1v) is 10.7. The number of rotatable bonds is 5. The summed E-state index contributed by atoms with van der Waals surface area (Å²) < 4.78 is 6.62. The summed E-state index contributed by atoms with van der Waals surface area (Å²) in [6.45, 7) is 5.31. The average molecular weight is 473 g/mol. The topological polar surface area (TPSA) is 125 Å². The lowest BCUT2D eigenvalue weighted by molar-refractivity contribution is -0.116. The molecule has 1 N–H and O–H groups in total. The van der Waals surface area contributed by atoms with Crippen molar-refractivity contribution in [2.24, 2.45) is 0 Å². The van der Waals surface area contributed by atoms with Crippen LogP contribution < -0.4 is 16.6 Å². The molecule has 0 fully saturated rings. The Morgan fingerprint density at radius 3 is 2.34 bits per heavy atom. The minimum atomic E-state index is -0.863. The van der Waals surface area contributed by atoms with Gasteiger partial charge in [0.25, 0.3) is 5.56 Å². The lowest BCUT2D eigenvalue weighted by Crippen LogP contribution is -2.42. The molecule has 0 unspecified atom stereocenters. The van der Waals surface area contributed by atoms with Gasteiger partial charge in [-0.1, -0.05) is 17.7 Å². The summed E-state index contributed by atoms with van der Waals surface area (Å²) in [5, 5.41) is 2.94. The summed E-state index contributed by atoms with van der Waals surface area (Å²) >= 11 is 0. The number of hydrogen-bond donors (Lipinski definition) is 1. The Balaban J connectivity index is 1.88. The first kappa shape index (κ1) is 23.6. The third-order valence-electron chi connectivity index (χ3n) is 5.55. The molecule has 10 nitrogen and oxygen atoms in total. The van der Waals surface area contributed by atoms with E-state index in [1.165, 1.54) is 37.7 Å². The molecule has 10 heteroatoms. The number of carbonyl (C=O) groups excluding carboxylic acids is 2. The first-order chi connectivity index (χ1) is 16.7. The molecule has 3 heterocycles. The molecule has 0 spiro atoms. The van der Waals surface area contributed by atoms with E-state index in [0.29, 0.717) is 5.69 Å². The Kier molecular flexibility index (Phi) is 6.28. The number of methoxy groups -OCH3 is 1. The van der Waals surface area contributed by atoms with Crippen LogP contribution >= 0.6 is 0 Å². The average Bonchev–Trinajstić information content (AvgIpc) is 2.84. The molecule has 1 aromatic carbocycles. The number of aromatic nitrogens is 4. The van der Waals surface area contributed by atoms with Crippen molar-refractivity contribution in [3.05, 3.63) is 91.9 Å². The Morgan fingerprint density at radius 2 is 1.66 bits per heavy atom. The van der Waals surface area contributed by atoms with Crippen LogP contribution in [0, 0.1) is 20.8 Å². The number of nitrogens with one attached hydrogen (secondary N) is 1. The third kappa shape index (κ3) is 4.33. The first-order valence-electron chi connectivity index (χ1n) is 10.7. The second-order valence-corrected chi connectivity index (χ2v) is 8.07. The number of hydrogen-bond acceptors (Lipinski definition) is 7.